The van der Waals surface area contributed by atoms with Crippen molar-refractivity contribution < 1.29 is 59.1 Å². The van der Waals surface area contributed by atoms with Crippen LogP contribution in [0.3, 0.4) is 0 Å². The van der Waals surface area contributed by atoms with Crippen LogP contribution in [0.1, 0.15) is 6.92 Å². The van der Waals surface area contributed by atoms with Gasteiger partial charge in [0.05, 0.1) is 0 Å². The van der Waals surface area contributed by atoms with Crippen molar-refractivity contribution in [1.82, 2.24) is 0 Å². The Labute approximate surface area is 77.3 Å². The van der Waals surface area contributed by atoms with Crippen molar-refractivity contribution in [2.45, 2.75) is 13.0 Å². The third-order valence-corrected chi connectivity index (χ3v) is 0.357. The minimum Gasteiger partial charge on any atom is -0.479 e. The average Bonchev–Trinajstić information content (AvgIpc) is 1.36. The van der Waals surface area contributed by atoms with E-state index in [0.717, 1.165) is 0 Å². The number of carboxylic acid groups (broad SMARTS) is 1. The molecular formula is C3H6AcO3. The van der Waals surface area contributed by atoms with Crippen LogP contribution in [0.4, 0.5) is 0 Å². The normalized spacial score (nSPS) is 11.7. The molecule has 4 heteroatoms. The van der Waals surface area contributed by atoms with E-state index in [0.29, 0.717) is 0 Å². The van der Waals surface area contributed by atoms with E-state index in [1.54, 1.807) is 0 Å². The van der Waals surface area contributed by atoms with Gasteiger partial charge in [0.25, 0.3) is 0 Å². The van der Waals surface area contributed by atoms with Gasteiger partial charge < -0.3 is 10.2 Å². The molecule has 3 nitrogen and oxygen atoms in total. The Bertz CT molecular complexity index is 61.2. The number of aliphatic carboxylic acids is 1. The van der Waals surface area contributed by atoms with Crippen LogP contribution >= 0.6 is 0 Å². The average molecular weight is 317 g/mol. The fourth-order valence-electron chi connectivity index (χ4n) is 0. The van der Waals surface area contributed by atoms with E-state index in [-0.39, 0.29) is 44.1 Å². The molecule has 0 aliphatic heterocycles. The van der Waals surface area contributed by atoms with E-state index in [1.165, 1.54) is 6.92 Å². The smallest absolute Gasteiger partial charge is 0.332 e. The third kappa shape index (κ3) is 6.87. The SMILES string of the molecule is C[C@H](O)C(=O)O.[Ac]. The summed E-state index contributed by atoms with van der Waals surface area (Å²) in [5.74, 6) is -1.19. The second-order valence-electron chi connectivity index (χ2n) is 1.01. The van der Waals surface area contributed by atoms with Gasteiger partial charge in [-0.25, -0.2) is 4.79 Å². The van der Waals surface area contributed by atoms with E-state index in [9.17, 15) is 4.79 Å². The Hall–Kier alpha value is 0.872. The van der Waals surface area contributed by atoms with Gasteiger partial charge in [0.15, 0.2) is 0 Å². The van der Waals surface area contributed by atoms with Crippen LogP contribution in [0.2, 0.25) is 0 Å². The molecule has 0 spiro atoms. The van der Waals surface area contributed by atoms with Gasteiger partial charge in [-0.2, -0.15) is 0 Å². The van der Waals surface area contributed by atoms with Crippen molar-refractivity contribution in [3.05, 3.63) is 0 Å². The van der Waals surface area contributed by atoms with Crippen LogP contribution in [-0.4, -0.2) is 22.3 Å². The molecule has 0 aliphatic rings. The van der Waals surface area contributed by atoms with Gasteiger partial charge in [0, 0.05) is 44.1 Å². The molecule has 39 valence electrons. The minimum absolute atomic E-state index is 0. The number of aliphatic hydroxyl groups is 1. The Morgan fingerprint density at radius 3 is 1.86 bits per heavy atom. The molecule has 7 heavy (non-hydrogen) atoms. The van der Waals surface area contributed by atoms with E-state index in [4.69, 9.17) is 10.2 Å². The zero-order valence-corrected chi connectivity index (χ0v) is 8.70. The molecule has 0 aliphatic carbocycles. The molecule has 1 atom stereocenters. The second-order valence-corrected chi connectivity index (χ2v) is 1.01. The van der Waals surface area contributed by atoms with E-state index in [2.05, 4.69) is 0 Å². The fourth-order valence-corrected chi connectivity index (χ4v) is 0. The van der Waals surface area contributed by atoms with E-state index in [1.807, 2.05) is 0 Å². The molecule has 0 saturated carbocycles. The Balaban J connectivity index is 0. The molecule has 0 bridgehead atoms. The number of hydrogen-bond acceptors (Lipinski definition) is 2. The molecule has 0 amide bonds. The first-order valence-electron chi connectivity index (χ1n) is 1.55. The van der Waals surface area contributed by atoms with Crippen molar-refractivity contribution >= 4 is 5.97 Å². The monoisotopic (exact) mass is 317 g/mol. The maximum Gasteiger partial charge on any atom is 0.332 e. The quantitative estimate of drug-likeness (QED) is 0.682. The molecular weight excluding hydrogens is 311 g/mol. The van der Waals surface area contributed by atoms with Gasteiger partial charge in [0.2, 0.25) is 0 Å². The Morgan fingerprint density at radius 2 is 1.86 bits per heavy atom. The Morgan fingerprint density at radius 1 is 1.71 bits per heavy atom. The van der Waals surface area contributed by atoms with Crippen LogP contribution in [0.25, 0.3) is 0 Å². The first-order valence-corrected chi connectivity index (χ1v) is 1.55. The van der Waals surface area contributed by atoms with Crippen molar-refractivity contribution in [3.63, 3.8) is 0 Å². The summed E-state index contributed by atoms with van der Waals surface area (Å²) in [6, 6.07) is 0. The maximum absolute atomic E-state index is 9.45. The van der Waals surface area contributed by atoms with Gasteiger partial charge in [-0.05, 0) is 6.92 Å². The molecule has 1 radical (unpaired) electrons. The summed E-state index contributed by atoms with van der Waals surface area (Å²) in [5.41, 5.74) is 0. The zero-order chi connectivity index (χ0) is 5.15. The molecule has 0 heterocycles. The van der Waals surface area contributed by atoms with Gasteiger partial charge in [-0.15, -0.1) is 0 Å². The molecule has 0 aromatic heterocycles. The fraction of sp³-hybridized carbons (Fsp3) is 0.667. The van der Waals surface area contributed by atoms with Gasteiger partial charge in [-0.1, -0.05) is 0 Å². The molecule has 0 rings (SSSR count). The van der Waals surface area contributed by atoms with Gasteiger partial charge in [-0.3, -0.25) is 0 Å². The topological polar surface area (TPSA) is 57.5 Å². The van der Waals surface area contributed by atoms with Crippen molar-refractivity contribution in [3.8, 4) is 0 Å². The molecule has 0 unspecified atom stereocenters. The summed E-state index contributed by atoms with van der Waals surface area (Å²) >= 11 is 0. The zero-order valence-electron chi connectivity index (χ0n) is 3.96. The number of carboxylic acids is 1. The molecule has 0 aromatic carbocycles. The number of aliphatic hydroxyl groups excluding tert-OH is 1. The predicted octanol–water partition coefficient (Wildman–Crippen LogP) is -0.548. The summed E-state index contributed by atoms with van der Waals surface area (Å²) in [5, 5.41) is 15.8. The van der Waals surface area contributed by atoms with Crippen LogP contribution in [0.5, 0.6) is 0 Å². The standard InChI is InChI=1S/C3H6O3.Ac/c1-2(4)3(5)6;/h2,4H,1H3,(H,5,6);/t2-;/m0./s1. The minimum atomic E-state index is -1.23. The Kier molecular flexibility index (Phi) is 7.73. The summed E-state index contributed by atoms with van der Waals surface area (Å²) in [6.45, 7) is 1.20. The first kappa shape index (κ1) is 10.8. The molecule has 0 aromatic rings. The van der Waals surface area contributed by atoms with Crippen LogP contribution in [0, 0.1) is 44.1 Å². The summed E-state index contributed by atoms with van der Waals surface area (Å²) in [7, 11) is 0. The van der Waals surface area contributed by atoms with E-state index >= 15 is 0 Å². The molecule has 0 saturated heterocycles. The largest absolute Gasteiger partial charge is 0.479 e. The molecule has 2 N–H and O–H groups in total. The van der Waals surface area contributed by atoms with Crippen LogP contribution in [0.15, 0.2) is 0 Å². The molecule has 0 fully saturated rings. The van der Waals surface area contributed by atoms with Crippen LogP contribution in [-0.2, 0) is 4.79 Å². The number of rotatable bonds is 1. The van der Waals surface area contributed by atoms with Gasteiger partial charge >= 0.3 is 5.97 Å². The summed E-state index contributed by atoms with van der Waals surface area (Å²) in [4.78, 5) is 9.45. The van der Waals surface area contributed by atoms with Crippen LogP contribution < -0.4 is 0 Å². The van der Waals surface area contributed by atoms with E-state index < -0.39 is 12.1 Å². The van der Waals surface area contributed by atoms with Crippen molar-refractivity contribution in [1.29, 1.82) is 0 Å². The van der Waals surface area contributed by atoms with Crippen molar-refractivity contribution in [2.75, 3.05) is 0 Å². The number of carbonyl (C=O) groups is 1. The summed E-state index contributed by atoms with van der Waals surface area (Å²) in [6.07, 6.45) is -1.23. The summed E-state index contributed by atoms with van der Waals surface area (Å²) < 4.78 is 0. The third-order valence-electron chi connectivity index (χ3n) is 0.357. The van der Waals surface area contributed by atoms with Crippen molar-refractivity contribution in [2.24, 2.45) is 0 Å². The van der Waals surface area contributed by atoms with Gasteiger partial charge in [0.1, 0.15) is 6.10 Å². The number of hydrogen-bond donors (Lipinski definition) is 2. The first-order chi connectivity index (χ1) is 2.64. The predicted molar refractivity (Wildman–Crippen MR) is 19.3 cm³/mol. The maximum atomic E-state index is 9.45. The second kappa shape index (κ2) is 5.02.